The van der Waals surface area contributed by atoms with Gasteiger partial charge in [0.05, 0.1) is 25.0 Å². The van der Waals surface area contributed by atoms with Crippen LogP contribution in [0, 0.1) is 5.92 Å². The molecule has 1 unspecified atom stereocenters. The summed E-state index contributed by atoms with van der Waals surface area (Å²) in [4.78, 5) is 34.9. The third-order valence-electron chi connectivity index (χ3n) is 6.89. The zero-order valence-corrected chi connectivity index (χ0v) is 19.3. The number of rotatable bonds is 6. The van der Waals surface area contributed by atoms with E-state index in [0.29, 0.717) is 12.5 Å². The minimum atomic E-state index is -0.624. The number of ether oxygens (including phenoxy) is 1. The number of nitrogens with one attached hydrogen (secondary N) is 2. The molecule has 2 amide bonds. The Balaban J connectivity index is 1.49. The first-order valence-corrected chi connectivity index (χ1v) is 11.8. The standard InChI is InChI=1S/C25H34N4O3/c1-16(2)22(28-25(31)32-3)24(30)29-14-6-9-21(29)23-26-15-20(27-23)19-12-10-18(11-13-19)17-7-4-5-8-17/h10-13,15-17,21-22H,4-9,14H2,1-3H3,(H,26,27)(H,28,31)/t21-,22?/m0/s1. The van der Waals surface area contributed by atoms with Crippen LogP contribution < -0.4 is 5.32 Å². The van der Waals surface area contributed by atoms with Gasteiger partial charge in [0.1, 0.15) is 11.9 Å². The molecular weight excluding hydrogens is 404 g/mol. The van der Waals surface area contributed by atoms with Gasteiger partial charge in [0.15, 0.2) is 0 Å². The van der Waals surface area contributed by atoms with Crippen molar-refractivity contribution < 1.29 is 14.3 Å². The topological polar surface area (TPSA) is 87.3 Å². The number of methoxy groups -OCH3 is 1. The highest BCUT2D eigenvalue weighted by Gasteiger charge is 2.37. The van der Waals surface area contributed by atoms with Crippen LogP contribution in [-0.4, -0.2) is 46.6 Å². The molecule has 2 atom stereocenters. The van der Waals surface area contributed by atoms with E-state index in [9.17, 15) is 9.59 Å². The summed E-state index contributed by atoms with van der Waals surface area (Å²) in [5.74, 6) is 1.36. The largest absolute Gasteiger partial charge is 0.453 e. The monoisotopic (exact) mass is 438 g/mol. The molecule has 32 heavy (non-hydrogen) atoms. The van der Waals surface area contributed by atoms with Crippen molar-refractivity contribution in [2.24, 2.45) is 5.92 Å². The molecule has 1 aliphatic heterocycles. The second-order valence-electron chi connectivity index (χ2n) is 9.33. The lowest BCUT2D eigenvalue weighted by molar-refractivity contribution is -0.135. The molecule has 4 rings (SSSR count). The fourth-order valence-corrected chi connectivity index (χ4v) is 5.04. The summed E-state index contributed by atoms with van der Waals surface area (Å²) < 4.78 is 4.71. The van der Waals surface area contributed by atoms with E-state index in [1.165, 1.54) is 38.4 Å². The molecule has 1 saturated heterocycles. The van der Waals surface area contributed by atoms with Crippen LogP contribution >= 0.6 is 0 Å². The molecule has 0 radical (unpaired) electrons. The third kappa shape index (κ3) is 4.66. The fraction of sp³-hybridized carbons (Fsp3) is 0.560. The summed E-state index contributed by atoms with van der Waals surface area (Å²) in [6, 6.07) is 8.07. The van der Waals surface area contributed by atoms with Gasteiger partial charge in [0.2, 0.25) is 5.91 Å². The van der Waals surface area contributed by atoms with Crippen molar-refractivity contribution in [2.75, 3.05) is 13.7 Å². The molecule has 0 spiro atoms. The summed E-state index contributed by atoms with van der Waals surface area (Å²) in [6.45, 7) is 4.50. The Hall–Kier alpha value is -2.83. The number of alkyl carbamates (subject to hydrolysis) is 1. The molecule has 0 bridgehead atoms. The van der Waals surface area contributed by atoms with E-state index in [1.54, 1.807) is 0 Å². The molecule has 2 heterocycles. The first-order valence-electron chi connectivity index (χ1n) is 11.8. The summed E-state index contributed by atoms with van der Waals surface area (Å²) in [6.07, 6.45) is 8.28. The zero-order chi connectivity index (χ0) is 22.7. The van der Waals surface area contributed by atoms with Crippen molar-refractivity contribution in [3.63, 3.8) is 0 Å². The van der Waals surface area contributed by atoms with Crippen molar-refractivity contribution >= 4 is 12.0 Å². The average molecular weight is 439 g/mol. The predicted molar refractivity (Wildman–Crippen MR) is 123 cm³/mol. The fourth-order valence-electron chi connectivity index (χ4n) is 5.04. The molecule has 2 aliphatic rings. The molecule has 1 aromatic heterocycles. The first-order chi connectivity index (χ1) is 15.5. The van der Waals surface area contributed by atoms with Crippen LogP contribution in [0.4, 0.5) is 4.79 Å². The quantitative estimate of drug-likeness (QED) is 0.680. The van der Waals surface area contributed by atoms with E-state index in [0.717, 1.165) is 29.9 Å². The van der Waals surface area contributed by atoms with Crippen molar-refractivity contribution in [1.29, 1.82) is 0 Å². The number of aromatic nitrogens is 2. The van der Waals surface area contributed by atoms with E-state index in [4.69, 9.17) is 4.74 Å². The molecule has 2 N–H and O–H groups in total. The Labute approximate surface area is 189 Å². The van der Waals surface area contributed by atoms with Gasteiger partial charge < -0.3 is 19.9 Å². The molecule has 2 aromatic rings. The smallest absolute Gasteiger partial charge is 0.407 e. The van der Waals surface area contributed by atoms with Gasteiger partial charge in [0.25, 0.3) is 0 Å². The van der Waals surface area contributed by atoms with Crippen molar-refractivity contribution in [3.8, 4) is 11.3 Å². The van der Waals surface area contributed by atoms with Gasteiger partial charge in [0, 0.05) is 6.54 Å². The Morgan fingerprint density at radius 2 is 1.84 bits per heavy atom. The second-order valence-corrected chi connectivity index (χ2v) is 9.33. The van der Waals surface area contributed by atoms with E-state index >= 15 is 0 Å². The number of carbonyl (C=O) groups excluding carboxylic acids is 2. The zero-order valence-electron chi connectivity index (χ0n) is 19.3. The number of benzene rings is 1. The third-order valence-corrected chi connectivity index (χ3v) is 6.89. The average Bonchev–Trinajstić information content (AvgIpc) is 3.57. The minimum absolute atomic E-state index is 0.0478. The number of likely N-dealkylation sites (tertiary alicyclic amines) is 1. The van der Waals surface area contributed by atoms with Gasteiger partial charge in [-0.05, 0) is 48.6 Å². The molecule has 1 saturated carbocycles. The number of aromatic amines is 1. The Morgan fingerprint density at radius 1 is 1.12 bits per heavy atom. The van der Waals surface area contributed by atoms with Crippen LogP contribution in [0.5, 0.6) is 0 Å². The Kier molecular flexibility index (Phi) is 6.82. The molecule has 172 valence electrons. The van der Waals surface area contributed by atoms with E-state index in [1.807, 2.05) is 24.9 Å². The Morgan fingerprint density at radius 3 is 2.50 bits per heavy atom. The van der Waals surface area contributed by atoms with Gasteiger partial charge in [-0.25, -0.2) is 9.78 Å². The van der Waals surface area contributed by atoms with Crippen molar-refractivity contribution in [2.45, 2.75) is 70.4 Å². The van der Waals surface area contributed by atoms with Crippen LogP contribution in [0.1, 0.15) is 75.7 Å². The van der Waals surface area contributed by atoms with E-state index < -0.39 is 12.1 Å². The Bertz CT molecular complexity index is 931. The molecule has 7 heteroatoms. The lowest BCUT2D eigenvalue weighted by atomic mass is 9.96. The van der Waals surface area contributed by atoms with Crippen molar-refractivity contribution in [3.05, 3.63) is 41.9 Å². The lowest BCUT2D eigenvalue weighted by Gasteiger charge is -2.30. The molecule has 2 fully saturated rings. The van der Waals surface area contributed by atoms with Gasteiger partial charge in [-0.3, -0.25) is 4.79 Å². The van der Waals surface area contributed by atoms with E-state index in [2.05, 4.69) is 39.6 Å². The van der Waals surface area contributed by atoms with Gasteiger partial charge in [-0.15, -0.1) is 0 Å². The van der Waals surface area contributed by atoms with Gasteiger partial charge in [-0.2, -0.15) is 0 Å². The number of carbonyl (C=O) groups is 2. The first kappa shape index (κ1) is 22.4. The molecule has 1 aromatic carbocycles. The number of amides is 2. The predicted octanol–water partition coefficient (Wildman–Crippen LogP) is 4.78. The normalized spacial score (nSPS) is 20.0. The number of H-pyrrole nitrogens is 1. The summed E-state index contributed by atoms with van der Waals surface area (Å²) >= 11 is 0. The summed E-state index contributed by atoms with van der Waals surface area (Å²) in [7, 11) is 1.31. The van der Waals surface area contributed by atoms with Gasteiger partial charge >= 0.3 is 6.09 Å². The highest BCUT2D eigenvalue weighted by atomic mass is 16.5. The van der Waals surface area contributed by atoms with Crippen LogP contribution in [0.3, 0.4) is 0 Å². The summed E-state index contributed by atoms with van der Waals surface area (Å²) in [5.41, 5.74) is 3.50. The maximum atomic E-state index is 13.3. The van der Waals surface area contributed by atoms with Gasteiger partial charge in [-0.1, -0.05) is 51.0 Å². The van der Waals surface area contributed by atoms with E-state index in [-0.39, 0.29) is 17.9 Å². The maximum Gasteiger partial charge on any atom is 0.407 e. The van der Waals surface area contributed by atoms with Crippen LogP contribution in [-0.2, 0) is 9.53 Å². The highest BCUT2D eigenvalue weighted by Crippen LogP contribution is 2.35. The molecule has 1 aliphatic carbocycles. The number of hydrogen-bond donors (Lipinski definition) is 2. The van der Waals surface area contributed by atoms with Crippen molar-refractivity contribution in [1.82, 2.24) is 20.2 Å². The lowest BCUT2D eigenvalue weighted by Crippen LogP contribution is -2.51. The van der Waals surface area contributed by atoms with Crippen LogP contribution in [0.2, 0.25) is 0 Å². The summed E-state index contributed by atoms with van der Waals surface area (Å²) in [5, 5.41) is 2.69. The maximum absolute atomic E-state index is 13.3. The minimum Gasteiger partial charge on any atom is -0.453 e. The number of hydrogen-bond acceptors (Lipinski definition) is 4. The molecule has 7 nitrogen and oxygen atoms in total. The van der Waals surface area contributed by atoms with Crippen LogP contribution in [0.25, 0.3) is 11.3 Å². The number of nitrogens with zero attached hydrogens (tertiary/aromatic N) is 2. The SMILES string of the molecule is COC(=O)NC(C(=O)N1CCC[C@H]1c1ncc(-c2ccc(C3CCCC3)cc2)[nH]1)C(C)C. The number of imidazole rings is 1. The highest BCUT2D eigenvalue weighted by molar-refractivity contribution is 5.86. The second kappa shape index (κ2) is 9.76. The molecular formula is C25H34N4O3. The van der Waals surface area contributed by atoms with Crippen LogP contribution in [0.15, 0.2) is 30.5 Å².